The highest BCUT2D eigenvalue weighted by Gasteiger charge is 2.32. The Morgan fingerprint density at radius 1 is 1.21 bits per heavy atom. The number of hydrogen-bond donors (Lipinski definition) is 0. The van der Waals surface area contributed by atoms with E-state index in [-0.39, 0.29) is 5.54 Å². The number of rotatable bonds is 2. The summed E-state index contributed by atoms with van der Waals surface area (Å²) < 4.78 is 2.31. The molecule has 0 atom stereocenters. The minimum absolute atomic E-state index is 0.123. The van der Waals surface area contributed by atoms with Crippen LogP contribution in [0.3, 0.4) is 0 Å². The maximum absolute atomic E-state index is 6.11. The zero-order valence-corrected chi connectivity index (χ0v) is 12.4. The Labute approximate surface area is 119 Å². The van der Waals surface area contributed by atoms with Gasteiger partial charge in [-0.1, -0.05) is 19.3 Å². The number of aromatic nitrogens is 3. The molecule has 0 aliphatic heterocycles. The highest BCUT2D eigenvalue weighted by molar-refractivity contribution is 6.16. The third-order valence-corrected chi connectivity index (χ3v) is 4.54. The first-order valence-corrected chi connectivity index (χ1v) is 7.59. The summed E-state index contributed by atoms with van der Waals surface area (Å²) in [6.07, 6.45) is 6.29. The molecule has 1 saturated carbocycles. The monoisotopic (exact) mass is 277 g/mol. The lowest BCUT2D eigenvalue weighted by Crippen LogP contribution is -2.33. The van der Waals surface area contributed by atoms with Gasteiger partial charge in [0, 0.05) is 11.2 Å². The molecule has 1 aliphatic carbocycles. The van der Waals surface area contributed by atoms with Crippen LogP contribution in [-0.2, 0) is 11.4 Å². The number of fused-ring (bicyclic) bond motifs is 1. The normalized spacial score (nSPS) is 18.9. The Morgan fingerprint density at radius 3 is 2.63 bits per heavy atom. The van der Waals surface area contributed by atoms with Gasteiger partial charge in [-0.05, 0) is 38.8 Å². The Kier molecular flexibility index (Phi) is 3.25. The molecular formula is C15H20ClN3. The predicted molar refractivity (Wildman–Crippen MR) is 78.6 cm³/mol. The van der Waals surface area contributed by atoms with E-state index in [1.165, 1.54) is 32.1 Å². The molecule has 3 nitrogen and oxygen atoms in total. The summed E-state index contributed by atoms with van der Waals surface area (Å²) in [6.45, 7) is 4.35. The number of aryl methyl sites for hydroxylation is 1. The largest absolute Gasteiger partial charge is 0.306 e. The number of nitrogens with zero attached hydrogens (tertiary/aromatic N) is 3. The molecule has 102 valence electrons. The summed E-state index contributed by atoms with van der Waals surface area (Å²) in [5.74, 6) is 1.41. The van der Waals surface area contributed by atoms with Crippen LogP contribution in [0.4, 0.5) is 0 Å². The fourth-order valence-corrected chi connectivity index (χ4v) is 3.47. The molecule has 1 fully saturated rings. The van der Waals surface area contributed by atoms with Crippen LogP contribution in [0.15, 0.2) is 12.1 Å². The second-order valence-corrected chi connectivity index (χ2v) is 6.12. The van der Waals surface area contributed by atoms with Crippen LogP contribution in [0.25, 0.3) is 11.2 Å². The van der Waals surface area contributed by atoms with Gasteiger partial charge in [0.2, 0.25) is 0 Å². The van der Waals surface area contributed by atoms with E-state index in [9.17, 15) is 0 Å². The lowest BCUT2D eigenvalue weighted by Gasteiger charge is -2.36. The minimum Gasteiger partial charge on any atom is -0.306 e. The standard InChI is InChI=1S/C15H20ClN3/c1-11-6-7-12-14(17-11)19(13(10-16)18-12)15(2)8-4-3-5-9-15/h6-7H,3-5,8-10H2,1-2H3. The molecule has 0 amide bonds. The second kappa shape index (κ2) is 4.78. The highest BCUT2D eigenvalue weighted by atomic mass is 35.5. The Hall–Kier alpha value is -1.09. The molecule has 0 bridgehead atoms. The van der Waals surface area contributed by atoms with E-state index in [1.54, 1.807) is 0 Å². The van der Waals surface area contributed by atoms with Gasteiger partial charge in [0.05, 0.1) is 5.88 Å². The lowest BCUT2D eigenvalue weighted by atomic mass is 9.83. The van der Waals surface area contributed by atoms with Crippen LogP contribution in [0.1, 0.15) is 50.5 Å². The van der Waals surface area contributed by atoms with E-state index in [0.29, 0.717) is 5.88 Å². The summed E-state index contributed by atoms with van der Waals surface area (Å²) in [5.41, 5.74) is 3.13. The molecule has 4 heteroatoms. The van der Waals surface area contributed by atoms with E-state index < -0.39 is 0 Å². The van der Waals surface area contributed by atoms with Crippen molar-refractivity contribution in [3.63, 3.8) is 0 Å². The third-order valence-electron chi connectivity index (χ3n) is 4.30. The number of halogens is 1. The molecule has 0 radical (unpaired) electrons. The van der Waals surface area contributed by atoms with Gasteiger partial charge >= 0.3 is 0 Å². The average Bonchev–Trinajstić information content (AvgIpc) is 2.78. The molecule has 3 rings (SSSR count). The number of hydrogen-bond acceptors (Lipinski definition) is 2. The summed E-state index contributed by atoms with van der Waals surface area (Å²) in [5, 5.41) is 0. The van der Waals surface area contributed by atoms with Gasteiger partial charge < -0.3 is 4.57 Å². The van der Waals surface area contributed by atoms with Crippen molar-refractivity contribution < 1.29 is 0 Å². The minimum atomic E-state index is 0.123. The fraction of sp³-hybridized carbons (Fsp3) is 0.600. The molecular weight excluding hydrogens is 258 g/mol. The molecule has 2 heterocycles. The van der Waals surface area contributed by atoms with Crippen LogP contribution in [0, 0.1) is 6.92 Å². The molecule has 0 spiro atoms. The second-order valence-electron chi connectivity index (χ2n) is 5.85. The molecule has 2 aromatic heterocycles. The Bertz CT molecular complexity index is 597. The molecule has 1 aliphatic rings. The van der Waals surface area contributed by atoms with Crippen LogP contribution >= 0.6 is 11.6 Å². The van der Waals surface area contributed by atoms with Gasteiger partial charge in [0.25, 0.3) is 0 Å². The quantitative estimate of drug-likeness (QED) is 0.772. The van der Waals surface area contributed by atoms with E-state index in [1.807, 2.05) is 13.0 Å². The zero-order valence-electron chi connectivity index (χ0n) is 11.6. The number of imidazole rings is 1. The van der Waals surface area contributed by atoms with E-state index in [4.69, 9.17) is 16.6 Å². The summed E-state index contributed by atoms with van der Waals surface area (Å²) in [6, 6.07) is 4.07. The first kappa shape index (κ1) is 12.9. The summed E-state index contributed by atoms with van der Waals surface area (Å²) in [7, 11) is 0. The molecule has 0 N–H and O–H groups in total. The van der Waals surface area contributed by atoms with Crippen LogP contribution < -0.4 is 0 Å². The van der Waals surface area contributed by atoms with E-state index >= 15 is 0 Å². The topological polar surface area (TPSA) is 30.7 Å². The summed E-state index contributed by atoms with van der Waals surface area (Å²) in [4.78, 5) is 9.37. The van der Waals surface area contributed by atoms with Crippen molar-refractivity contribution in [2.75, 3.05) is 0 Å². The smallest absolute Gasteiger partial charge is 0.160 e. The van der Waals surface area contributed by atoms with Crippen molar-refractivity contribution in [3.05, 3.63) is 23.7 Å². The van der Waals surface area contributed by atoms with Crippen LogP contribution in [-0.4, -0.2) is 14.5 Å². The zero-order chi connectivity index (χ0) is 13.5. The van der Waals surface area contributed by atoms with Crippen molar-refractivity contribution in [3.8, 4) is 0 Å². The first-order chi connectivity index (χ1) is 9.14. The SMILES string of the molecule is Cc1ccc2nc(CCl)n(C3(C)CCCCC3)c2n1. The number of alkyl halides is 1. The van der Waals surface area contributed by atoms with Crippen LogP contribution in [0.5, 0.6) is 0 Å². The summed E-state index contributed by atoms with van der Waals surface area (Å²) >= 11 is 6.11. The first-order valence-electron chi connectivity index (χ1n) is 7.05. The average molecular weight is 278 g/mol. The van der Waals surface area contributed by atoms with Gasteiger partial charge in [-0.3, -0.25) is 0 Å². The van der Waals surface area contributed by atoms with E-state index in [0.717, 1.165) is 22.7 Å². The molecule has 0 saturated heterocycles. The molecule has 0 unspecified atom stereocenters. The third kappa shape index (κ3) is 2.14. The maximum atomic E-state index is 6.11. The van der Waals surface area contributed by atoms with Crippen molar-refractivity contribution in [2.45, 2.75) is 57.4 Å². The fourth-order valence-electron chi connectivity index (χ4n) is 3.29. The van der Waals surface area contributed by atoms with Gasteiger partial charge in [0.15, 0.2) is 5.65 Å². The van der Waals surface area contributed by atoms with Gasteiger partial charge in [-0.25, -0.2) is 9.97 Å². The molecule has 19 heavy (non-hydrogen) atoms. The van der Waals surface area contributed by atoms with Crippen molar-refractivity contribution >= 4 is 22.8 Å². The molecule has 2 aromatic rings. The van der Waals surface area contributed by atoms with Crippen molar-refractivity contribution in [1.82, 2.24) is 14.5 Å². The van der Waals surface area contributed by atoms with Crippen molar-refractivity contribution in [2.24, 2.45) is 0 Å². The van der Waals surface area contributed by atoms with Gasteiger partial charge in [-0.2, -0.15) is 0 Å². The Morgan fingerprint density at radius 2 is 1.95 bits per heavy atom. The Balaban J connectivity index is 2.22. The maximum Gasteiger partial charge on any atom is 0.160 e. The van der Waals surface area contributed by atoms with E-state index in [2.05, 4.69) is 22.5 Å². The number of pyridine rings is 1. The van der Waals surface area contributed by atoms with Crippen LogP contribution in [0.2, 0.25) is 0 Å². The lowest BCUT2D eigenvalue weighted by molar-refractivity contribution is 0.219. The van der Waals surface area contributed by atoms with Crippen molar-refractivity contribution in [1.29, 1.82) is 0 Å². The highest BCUT2D eigenvalue weighted by Crippen LogP contribution is 2.37. The predicted octanol–water partition coefficient (Wildman–Crippen LogP) is 4.16. The van der Waals surface area contributed by atoms with Gasteiger partial charge in [0.1, 0.15) is 11.3 Å². The van der Waals surface area contributed by atoms with Gasteiger partial charge in [-0.15, -0.1) is 11.6 Å². The molecule has 0 aromatic carbocycles.